The number of aryl methyl sites for hydroxylation is 1. The molecule has 3 aromatic rings. The number of likely N-dealkylation sites (tertiary alicyclic amines) is 1. The molecular weight excluding hydrogens is 332 g/mol. The Labute approximate surface area is 151 Å². The molecule has 0 radical (unpaired) electrons. The second-order valence-electron chi connectivity index (χ2n) is 6.78. The van der Waals surface area contributed by atoms with Gasteiger partial charge < -0.3 is 15.2 Å². The predicted octanol–water partition coefficient (Wildman–Crippen LogP) is 3.99. The molecule has 5 nitrogen and oxygen atoms in total. The zero-order valence-corrected chi connectivity index (χ0v) is 15.3. The second-order valence-corrected chi connectivity index (χ2v) is 8.07. The van der Waals surface area contributed by atoms with E-state index in [1.165, 1.54) is 16.9 Å². The molecule has 130 valence electrons. The van der Waals surface area contributed by atoms with Crippen molar-refractivity contribution in [3.63, 3.8) is 0 Å². The largest absolute Gasteiger partial charge is 0.360 e. The lowest BCUT2D eigenvalue weighted by molar-refractivity contribution is 0.103. The first-order valence-corrected chi connectivity index (χ1v) is 9.46. The first kappa shape index (κ1) is 16.3. The van der Waals surface area contributed by atoms with Crippen LogP contribution in [0.2, 0.25) is 0 Å². The molecule has 4 rings (SSSR count). The fourth-order valence-electron chi connectivity index (χ4n) is 3.45. The maximum absolute atomic E-state index is 12.4. The number of nitrogens with zero attached hydrogens (tertiary/aromatic N) is 2. The average molecular weight is 354 g/mol. The van der Waals surface area contributed by atoms with Crippen LogP contribution in [0.4, 0.5) is 5.82 Å². The van der Waals surface area contributed by atoms with Gasteiger partial charge in [-0.1, -0.05) is 0 Å². The van der Waals surface area contributed by atoms with Crippen LogP contribution in [0.3, 0.4) is 0 Å². The van der Waals surface area contributed by atoms with Gasteiger partial charge in [0.2, 0.25) is 0 Å². The number of anilines is 1. The van der Waals surface area contributed by atoms with Crippen molar-refractivity contribution in [2.75, 3.05) is 25.5 Å². The van der Waals surface area contributed by atoms with Crippen LogP contribution in [0.5, 0.6) is 0 Å². The summed E-state index contributed by atoms with van der Waals surface area (Å²) in [7, 11) is 2.17. The lowest BCUT2D eigenvalue weighted by Gasteiger charge is -2.28. The van der Waals surface area contributed by atoms with Gasteiger partial charge in [-0.2, -0.15) is 0 Å². The third-order valence-corrected chi connectivity index (χ3v) is 5.92. The summed E-state index contributed by atoms with van der Waals surface area (Å²) < 4.78 is 0. The first-order chi connectivity index (χ1) is 12.1. The van der Waals surface area contributed by atoms with Crippen molar-refractivity contribution in [2.45, 2.75) is 25.7 Å². The number of aromatic amines is 1. The number of rotatable bonds is 3. The van der Waals surface area contributed by atoms with E-state index in [0.717, 1.165) is 41.8 Å². The van der Waals surface area contributed by atoms with Crippen LogP contribution in [0.25, 0.3) is 11.0 Å². The Morgan fingerprint density at radius 1 is 1.28 bits per heavy atom. The molecule has 25 heavy (non-hydrogen) atoms. The maximum Gasteiger partial charge on any atom is 0.266 e. The van der Waals surface area contributed by atoms with E-state index in [-0.39, 0.29) is 5.91 Å². The summed E-state index contributed by atoms with van der Waals surface area (Å²) in [6, 6.07) is 7.67. The van der Waals surface area contributed by atoms with Crippen LogP contribution >= 0.6 is 11.3 Å². The molecule has 6 heteroatoms. The molecule has 0 aromatic carbocycles. The third-order valence-electron chi connectivity index (χ3n) is 4.92. The number of hydrogen-bond donors (Lipinski definition) is 2. The number of H-pyrrole nitrogens is 1. The number of pyridine rings is 1. The molecule has 0 atom stereocenters. The Kier molecular flexibility index (Phi) is 4.31. The van der Waals surface area contributed by atoms with E-state index in [1.807, 2.05) is 31.2 Å². The number of carbonyl (C=O) groups excluding carboxylic acids is 1. The van der Waals surface area contributed by atoms with Crippen LogP contribution in [-0.2, 0) is 0 Å². The van der Waals surface area contributed by atoms with Crippen LogP contribution in [0, 0.1) is 6.92 Å². The molecular formula is C19H22N4OS. The van der Waals surface area contributed by atoms with Gasteiger partial charge in [-0.15, -0.1) is 11.3 Å². The van der Waals surface area contributed by atoms with E-state index >= 15 is 0 Å². The third kappa shape index (κ3) is 3.32. The van der Waals surface area contributed by atoms with E-state index in [9.17, 15) is 4.79 Å². The SMILES string of the molecule is Cc1ccc(C(=O)Nc2ccc3[nH]cc(C4CCN(C)CC4)c3n2)s1. The molecule has 0 saturated carbocycles. The van der Waals surface area contributed by atoms with E-state index in [0.29, 0.717) is 16.6 Å². The maximum atomic E-state index is 12.4. The quantitative estimate of drug-likeness (QED) is 0.747. The van der Waals surface area contributed by atoms with Crippen molar-refractivity contribution < 1.29 is 4.79 Å². The molecule has 1 amide bonds. The minimum Gasteiger partial charge on any atom is -0.360 e. The van der Waals surface area contributed by atoms with Crippen LogP contribution < -0.4 is 5.32 Å². The monoisotopic (exact) mass is 354 g/mol. The molecule has 1 aliphatic heterocycles. The lowest BCUT2D eigenvalue weighted by atomic mass is 9.91. The number of aromatic nitrogens is 2. The topological polar surface area (TPSA) is 61.0 Å². The van der Waals surface area contributed by atoms with Crippen molar-refractivity contribution in [3.05, 3.63) is 45.8 Å². The van der Waals surface area contributed by atoms with E-state index in [1.54, 1.807) is 0 Å². The normalized spacial score (nSPS) is 16.4. The Morgan fingerprint density at radius 2 is 2.08 bits per heavy atom. The number of amides is 1. The molecule has 0 aliphatic carbocycles. The Hall–Kier alpha value is -2.18. The minimum atomic E-state index is -0.0960. The smallest absolute Gasteiger partial charge is 0.266 e. The molecule has 1 aliphatic rings. The molecule has 0 unspecified atom stereocenters. The summed E-state index contributed by atoms with van der Waals surface area (Å²) in [5.74, 6) is 1.04. The highest BCUT2D eigenvalue weighted by atomic mass is 32.1. The standard InChI is InChI=1S/C19H22N4OS/c1-12-3-5-16(25-12)19(24)22-17-6-4-15-18(21-17)14(11-20-15)13-7-9-23(2)10-8-13/h3-6,11,13,20H,7-10H2,1-2H3,(H,21,22,24). The van der Waals surface area contributed by atoms with Gasteiger partial charge in [0.25, 0.3) is 5.91 Å². The van der Waals surface area contributed by atoms with E-state index in [4.69, 9.17) is 4.98 Å². The van der Waals surface area contributed by atoms with E-state index < -0.39 is 0 Å². The fourth-order valence-corrected chi connectivity index (χ4v) is 4.22. The van der Waals surface area contributed by atoms with Crippen molar-refractivity contribution >= 4 is 34.1 Å². The molecule has 1 saturated heterocycles. The van der Waals surface area contributed by atoms with Crippen molar-refractivity contribution in [1.82, 2.24) is 14.9 Å². The van der Waals surface area contributed by atoms with Gasteiger partial charge >= 0.3 is 0 Å². The van der Waals surface area contributed by atoms with Crippen LogP contribution in [0.15, 0.2) is 30.5 Å². The molecule has 0 bridgehead atoms. The summed E-state index contributed by atoms with van der Waals surface area (Å²) in [6.45, 7) is 4.23. The Morgan fingerprint density at radius 3 is 2.80 bits per heavy atom. The van der Waals surface area contributed by atoms with Gasteiger partial charge in [-0.05, 0) is 75.6 Å². The Bertz CT molecular complexity index is 905. The van der Waals surface area contributed by atoms with Crippen molar-refractivity contribution in [1.29, 1.82) is 0 Å². The highest BCUT2D eigenvalue weighted by Gasteiger charge is 2.22. The summed E-state index contributed by atoms with van der Waals surface area (Å²) in [4.78, 5) is 24.6. The number of piperidine rings is 1. The fraction of sp³-hybridized carbons (Fsp3) is 0.368. The summed E-state index contributed by atoms with van der Waals surface area (Å²) in [6.07, 6.45) is 4.38. The molecule has 1 fully saturated rings. The number of thiophene rings is 1. The average Bonchev–Trinajstić information content (AvgIpc) is 3.22. The van der Waals surface area contributed by atoms with Gasteiger partial charge in [0.15, 0.2) is 0 Å². The number of hydrogen-bond acceptors (Lipinski definition) is 4. The summed E-state index contributed by atoms with van der Waals surface area (Å²) >= 11 is 1.50. The highest BCUT2D eigenvalue weighted by Crippen LogP contribution is 2.32. The predicted molar refractivity (Wildman–Crippen MR) is 103 cm³/mol. The van der Waals surface area contributed by atoms with Crippen molar-refractivity contribution in [3.8, 4) is 0 Å². The van der Waals surface area contributed by atoms with E-state index in [2.05, 4.69) is 28.4 Å². The number of fused-ring (bicyclic) bond motifs is 1. The second kappa shape index (κ2) is 6.61. The van der Waals surface area contributed by atoms with Crippen LogP contribution in [-0.4, -0.2) is 40.9 Å². The van der Waals surface area contributed by atoms with Gasteiger partial charge in [-0.3, -0.25) is 4.79 Å². The molecule has 0 spiro atoms. The zero-order valence-electron chi connectivity index (χ0n) is 14.5. The zero-order chi connectivity index (χ0) is 17.4. The lowest BCUT2D eigenvalue weighted by Crippen LogP contribution is -2.29. The molecule has 2 N–H and O–H groups in total. The number of carbonyl (C=O) groups is 1. The van der Waals surface area contributed by atoms with Gasteiger partial charge in [0, 0.05) is 11.1 Å². The molecule has 4 heterocycles. The number of nitrogens with one attached hydrogen (secondary N) is 2. The van der Waals surface area contributed by atoms with Gasteiger partial charge in [0.1, 0.15) is 5.82 Å². The Balaban J connectivity index is 1.59. The summed E-state index contributed by atoms with van der Waals surface area (Å²) in [5.41, 5.74) is 3.28. The van der Waals surface area contributed by atoms with Crippen molar-refractivity contribution in [2.24, 2.45) is 0 Å². The van der Waals surface area contributed by atoms with Gasteiger partial charge in [-0.25, -0.2) is 4.98 Å². The molecule has 3 aromatic heterocycles. The highest BCUT2D eigenvalue weighted by molar-refractivity contribution is 7.14. The first-order valence-electron chi connectivity index (χ1n) is 8.64. The minimum absolute atomic E-state index is 0.0960. The van der Waals surface area contributed by atoms with Gasteiger partial charge in [0.05, 0.1) is 15.9 Å². The van der Waals surface area contributed by atoms with Crippen LogP contribution in [0.1, 0.15) is 38.9 Å². The summed E-state index contributed by atoms with van der Waals surface area (Å²) in [5, 5.41) is 2.93.